The number of carbonyl (C=O) groups excluding carboxylic acids is 2. The summed E-state index contributed by atoms with van der Waals surface area (Å²) in [5, 5.41) is 30.7. The number of ether oxygens (including phenoxy) is 4. The molecule has 0 aliphatic carbocycles. The lowest BCUT2D eigenvalue weighted by molar-refractivity contribution is -0.155. The number of aliphatic hydroxyl groups is 1. The van der Waals surface area contributed by atoms with E-state index in [1.54, 1.807) is 21.4 Å². The molecular formula is C58H73ClN10O7. The number of unbranched alkanes of at least 4 members (excludes halogenated alkanes) is 13. The number of halogens is 1. The van der Waals surface area contributed by atoms with Gasteiger partial charge in [-0.1, -0.05) is 144 Å². The van der Waals surface area contributed by atoms with Crippen LogP contribution < -0.4 is 10.6 Å². The van der Waals surface area contributed by atoms with Crippen LogP contribution in [0.4, 0.5) is 11.4 Å². The molecule has 76 heavy (non-hydrogen) atoms. The number of anilines is 2. The van der Waals surface area contributed by atoms with E-state index in [0.29, 0.717) is 40.9 Å². The van der Waals surface area contributed by atoms with Crippen molar-refractivity contribution in [3.05, 3.63) is 131 Å². The molecule has 0 unspecified atom stereocenters. The highest BCUT2D eigenvalue weighted by atomic mass is 35.5. The van der Waals surface area contributed by atoms with E-state index < -0.39 is 5.97 Å². The van der Waals surface area contributed by atoms with Crippen LogP contribution in [0.25, 0.3) is 45.2 Å². The molecule has 0 saturated carbocycles. The van der Waals surface area contributed by atoms with Gasteiger partial charge in [0.1, 0.15) is 18.5 Å². The maximum Gasteiger partial charge on any atom is 0.340 e. The lowest BCUT2D eigenvalue weighted by Gasteiger charge is -2.09. The number of rotatable bonds is 31. The van der Waals surface area contributed by atoms with Gasteiger partial charge < -0.3 is 34.7 Å². The van der Waals surface area contributed by atoms with Gasteiger partial charge in [0, 0.05) is 47.3 Å². The van der Waals surface area contributed by atoms with Crippen LogP contribution in [-0.4, -0.2) is 90.3 Å². The first-order chi connectivity index (χ1) is 37.2. The van der Waals surface area contributed by atoms with E-state index in [1.807, 2.05) is 80.6 Å². The number of aryl methyl sites for hydroxylation is 3. The highest BCUT2D eigenvalue weighted by Gasteiger charge is 2.14. The lowest BCUT2D eigenvalue weighted by Crippen LogP contribution is -2.13. The molecule has 8 aromatic rings. The van der Waals surface area contributed by atoms with Crippen molar-refractivity contribution in [3.63, 3.8) is 0 Å². The molecule has 404 valence electrons. The van der Waals surface area contributed by atoms with Crippen molar-refractivity contribution in [2.75, 3.05) is 44.3 Å². The summed E-state index contributed by atoms with van der Waals surface area (Å²) in [4.78, 5) is 33.3. The smallest absolute Gasteiger partial charge is 0.340 e. The Bertz CT molecular complexity index is 2950. The maximum absolute atomic E-state index is 12.3. The van der Waals surface area contributed by atoms with E-state index in [9.17, 15) is 9.59 Å². The van der Waals surface area contributed by atoms with E-state index in [1.165, 1.54) is 69.8 Å². The highest BCUT2D eigenvalue weighted by Crippen LogP contribution is 2.26. The number of carbonyl (C=O) groups is 2. The van der Waals surface area contributed by atoms with Crippen molar-refractivity contribution < 1.29 is 33.6 Å². The van der Waals surface area contributed by atoms with Crippen LogP contribution in [0.1, 0.15) is 131 Å². The molecule has 18 heteroatoms. The fourth-order valence-corrected chi connectivity index (χ4v) is 8.66. The molecule has 4 aromatic carbocycles. The summed E-state index contributed by atoms with van der Waals surface area (Å²) >= 11 is 6.26. The second-order valence-electron chi connectivity index (χ2n) is 18.8. The van der Waals surface area contributed by atoms with Gasteiger partial charge in [0.2, 0.25) is 0 Å². The van der Waals surface area contributed by atoms with E-state index >= 15 is 0 Å². The van der Waals surface area contributed by atoms with Gasteiger partial charge >= 0.3 is 11.9 Å². The third-order valence-electron chi connectivity index (χ3n) is 12.9. The highest BCUT2D eigenvalue weighted by molar-refractivity contribution is 6.34. The number of benzene rings is 4. The molecule has 4 aromatic heterocycles. The van der Waals surface area contributed by atoms with Crippen molar-refractivity contribution in [1.29, 1.82) is 0 Å². The molecule has 4 heterocycles. The van der Waals surface area contributed by atoms with Crippen molar-refractivity contribution >= 4 is 46.2 Å². The van der Waals surface area contributed by atoms with Crippen molar-refractivity contribution in [2.24, 2.45) is 0 Å². The summed E-state index contributed by atoms with van der Waals surface area (Å²) < 4.78 is 24.5. The minimum Gasteiger partial charge on any atom is -0.438 e. The van der Waals surface area contributed by atoms with Gasteiger partial charge in [-0.15, -0.1) is 10.2 Å². The Morgan fingerprint density at radius 3 is 1.79 bits per heavy atom. The molecule has 0 spiro atoms. The van der Waals surface area contributed by atoms with E-state index in [2.05, 4.69) is 72.2 Å². The van der Waals surface area contributed by atoms with Crippen LogP contribution in [0.3, 0.4) is 0 Å². The number of fused-ring (bicyclic) bond motifs is 2. The van der Waals surface area contributed by atoms with Gasteiger partial charge in [0.05, 0.1) is 11.3 Å². The van der Waals surface area contributed by atoms with Crippen LogP contribution in [0.15, 0.2) is 103 Å². The minimum atomic E-state index is -0.425. The SMILES string of the molecule is CCc1ccc(-c2ccc(C(=O)OCOCNc3ccc(-c4nc5cc(C)[nH]n5n4)cc3)cc2)cc1.Cc1[nH]n2nc(-c3cccc(NCOCOC(=O)CCCCCCCCCCCCCCCCO)c3)nc2c1Cl. The zero-order chi connectivity index (χ0) is 53.3. The Morgan fingerprint density at radius 1 is 0.605 bits per heavy atom. The standard InChI is InChI=1S/C30H46ClN5O4.C28H27N5O3/c1-24-28(31)30-33-29(35-36(30)34-24)25-17-16-18-26(21-25)32-22-39-23-40-27(38)19-14-12-10-8-6-4-2-3-5-7-9-11-13-15-20-37;1-3-20-4-6-21(7-5-20)22-8-10-24(11-9-22)28(34)36-18-35-17-29-25-14-12-23(13-15-25)27-30-26-16-19(2)31-33(26)32-27/h16-18,21,32,34,37H,2-15,19-20,22-23H2,1H3;4-16,29,31H,3,17-18H2,1-2H3. The minimum absolute atomic E-state index is 0.0701. The summed E-state index contributed by atoms with van der Waals surface area (Å²) in [5.41, 5.74) is 10.6. The Kier molecular flexibility index (Phi) is 22.7. The average molecular weight is 1060 g/mol. The van der Waals surface area contributed by atoms with Gasteiger partial charge in [-0.2, -0.15) is 9.26 Å². The molecule has 0 aliphatic heterocycles. The number of aliphatic hydroxyl groups excluding tert-OH is 1. The molecule has 8 rings (SSSR count). The molecule has 0 aliphatic rings. The van der Waals surface area contributed by atoms with Crippen LogP contribution in [-0.2, 0) is 30.2 Å². The normalized spacial score (nSPS) is 11.2. The number of nitrogens with one attached hydrogen (secondary N) is 4. The Balaban J connectivity index is 0.000000222. The van der Waals surface area contributed by atoms with Gasteiger partial charge in [0.25, 0.3) is 0 Å². The summed E-state index contributed by atoms with van der Waals surface area (Å²) in [6.45, 7) is 6.49. The average Bonchev–Trinajstić information content (AvgIpc) is 4.24. The molecule has 0 fully saturated rings. The first-order valence-electron chi connectivity index (χ1n) is 26.7. The zero-order valence-electron chi connectivity index (χ0n) is 44.1. The van der Waals surface area contributed by atoms with E-state index in [0.717, 1.165) is 82.8 Å². The third kappa shape index (κ3) is 17.8. The Labute approximate surface area is 450 Å². The Morgan fingerprint density at radius 2 is 1.17 bits per heavy atom. The number of hydrogen-bond acceptors (Lipinski definition) is 13. The molecule has 0 bridgehead atoms. The number of aromatic nitrogens is 8. The fraction of sp³-hybridized carbons (Fsp3) is 0.414. The topological polar surface area (TPSA) is 207 Å². The largest absolute Gasteiger partial charge is 0.438 e. The summed E-state index contributed by atoms with van der Waals surface area (Å²) in [5.74, 6) is 0.581. The second kappa shape index (κ2) is 30.5. The second-order valence-corrected chi connectivity index (χ2v) is 19.2. The van der Waals surface area contributed by atoms with Crippen LogP contribution in [0.5, 0.6) is 0 Å². The molecule has 0 amide bonds. The predicted octanol–water partition coefficient (Wildman–Crippen LogP) is 12.9. The first kappa shape index (κ1) is 56.7. The molecular weight excluding hydrogens is 984 g/mol. The van der Waals surface area contributed by atoms with Crippen LogP contribution in [0, 0.1) is 13.8 Å². The monoisotopic (exact) mass is 1060 g/mol. The fourth-order valence-electron chi connectivity index (χ4n) is 8.49. The molecule has 17 nitrogen and oxygen atoms in total. The number of H-pyrrole nitrogens is 2. The number of aromatic amines is 2. The molecule has 0 atom stereocenters. The van der Waals surface area contributed by atoms with E-state index in [4.69, 9.17) is 35.7 Å². The Hall–Kier alpha value is -7.05. The molecule has 5 N–H and O–H groups in total. The van der Waals surface area contributed by atoms with Crippen LogP contribution >= 0.6 is 11.6 Å². The van der Waals surface area contributed by atoms with Crippen molar-refractivity contribution in [1.82, 2.24) is 39.6 Å². The van der Waals surface area contributed by atoms with Gasteiger partial charge in [0.15, 0.2) is 36.5 Å². The lowest BCUT2D eigenvalue weighted by atomic mass is 10.0. The van der Waals surface area contributed by atoms with Crippen molar-refractivity contribution in [3.8, 4) is 33.9 Å². The van der Waals surface area contributed by atoms with Gasteiger partial charge in [-0.05, 0) is 98.3 Å². The number of nitrogens with zero attached hydrogens (tertiary/aromatic N) is 6. The first-order valence-corrected chi connectivity index (χ1v) is 27.1. The predicted molar refractivity (Wildman–Crippen MR) is 298 cm³/mol. The molecule has 0 saturated heterocycles. The summed E-state index contributed by atoms with van der Waals surface area (Å²) in [6.07, 6.45) is 18.4. The van der Waals surface area contributed by atoms with Gasteiger partial charge in [-0.25, -0.2) is 14.8 Å². The summed E-state index contributed by atoms with van der Waals surface area (Å²) in [7, 11) is 0. The van der Waals surface area contributed by atoms with Crippen molar-refractivity contribution in [2.45, 2.75) is 124 Å². The maximum atomic E-state index is 12.3. The van der Waals surface area contributed by atoms with Crippen LogP contribution in [0.2, 0.25) is 5.02 Å². The van der Waals surface area contributed by atoms with E-state index in [-0.39, 0.29) is 33.0 Å². The number of hydrogen-bond donors (Lipinski definition) is 5. The third-order valence-corrected chi connectivity index (χ3v) is 13.3. The zero-order valence-corrected chi connectivity index (χ0v) is 44.9. The van der Waals surface area contributed by atoms with Gasteiger partial charge in [-0.3, -0.25) is 15.0 Å². The molecule has 0 radical (unpaired) electrons. The summed E-state index contributed by atoms with van der Waals surface area (Å²) in [6, 6.07) is 33.1. The quantitative estimate of drug-likeness (QED) is 0.0156. The number of esters is 2.